The SMILES string of the molecule is COc1ccc(C)cc1S(=O)(=O)NCCOc1cc(C)ccc1Cl. The summed E-state index contributed by atoms with van der Waals surface area (Å²) in [7, 11) is -2.25. The molecule has 2 aromatic carbocycles. The molecular weight excluding hydrogens is 350 g/mol. The van der Waals surface area contributed by atoms with Gasteiger partial charge in [-0.25, -0.2) is 13.1 Å². The molecule has 0 unspecified atom stereocenters. The van der Waals surface area contributed by atoms with Gasteiger partial charge in [0, 0.05) is 6.54 Å². The van der Waals surface area contributed by atoms with Crippen LogP contribution >= 0.6 is 11.6 Å². The lowest BCUT2D eigenvalue weighted by molar-refractivity contribution is 0.322. The van der Waals surface area contributed by atoms with Crippen molar-refractivity contribution < 1.29 is 17.9 Å². The van der Waals surface area contributed by atoms with Gasteiger partial charge in [-0.2, -0.15) is 0 Å². The first-order valence-electron chi connectivity index (χ1n) is 7.37. The third-order valence-corrected chi connectivity index (χ3v) is 5.14. The Balaban J connectivity index is 2.01. The normalized spacial score (nSPS) is 11.3. The average molecular weight is 370 g/mol. The van der Waals surface area contributed by atoms with Gasteiger partial charge >= 0.3 is 0 Å². The molecule has 0 amide bonds. The topological polar surface area (TPSA) is 64.6 Å². The van der Waals surface area contributed by atoms with E-state index >= 15 is 0 Å². The largest absolute Gasteiger partial charge is 0.495 e. The van der Waals surface area contributed by atoms with E-state index in [2.05, 4.69) is 4.72 Å². The van der Waals surface area contributed by atoms with Gasteiger partial charge in [-0.1, -0.05) is 23.7 Å². The number of hydrogen-bond donors (Lipinski definition) is 1. The van der Waals surface area contributed by atoms with Crippen molar-refractivity contribution in [2.45, 2.75) is 18.7 Å². The zero-order valence-corrected chi connectivity index (χ0v) is 15.4. The molecule has 24 heavy (non-hydrogen) atoms. The Morgan fingerprint density at radius 3 is 2.42 bits per heavy atom. The Morgan fingerprint density at radius 1 is 1.04 bits per heavy atom. The van der Waals surface area contributed by atoms with Crippen molar-refractivity contribution in [1.82, 2.24) is 4.72 Å². The van der Waals surface area contributed by atoms with Crippen LogP contribution in [0, 0.1) is 13.8 Å². The summed E-state index contributed by atoms with van der Waals surface area (Å²) in [5.74, 6) is 0.833. The molecule has 0 aliphatic carbocycles. The van der Waals surface area contributed by atoms with Crippen LogP contribution < -0.4 is 14.2 Å². The number of ether oxygens (including phenoxy) is 2. The summed E-state index contributed by atoms with van der Waals surface area (Å²) in [5, 5.41) is 0.490. The van der Waals surface area contributed by atoms with Crippen LogP contribution in [-0.2, 0) is 10.0 Å². The maximum Gasteiger partial charge on any atom is 0.244 e. The molecule has 0 bridgehead atoms. The van der Waals surface area contributed by atoms with Crippen molar-refractivity contribution in [3.63, 3.8) is 0 Å². The molecule has 0 saturated heterocycles. The van der Waals surface area contributed by atoms with Gasteiger partial charge in [-0.3, -0.25) is 0 Å². The van der Waals surface area contributed by atoms with Crippen LogP contribution in [0.3, 0.4) is 0 Å². The molecule has 0 fully saturated rings. The van der Waals surface area contributed by atoms with Gasteiger partial charge in [-0.15, -0.1) is 0 Å². The number of rotatable bonds is 7. The zero-order chi connectivity index (χ0) is 17.7. The van der Waals surface area contributed by atoms with E-state index in [1.807, 2.05) is 19.9 Å². The predicted molar refractivity (Wildman–Crippen MR) is 94.6 cm³/mol. The maximum atomic E-state index is 12.4. The fourth-order valence-corrected chi connectivity index (χ4v) is 3.57. The van der Waals surface area contributed by atoms with Gasteiger partial charge < -0.3 is 9.47 Å². The Kier molecular flexibility index (Phi) is 6.10. The molecule has 0 spiro atoms. The number of nitrogens with one attached hydrogen (secondary N) is 1. The van der Waals surface area contributed by atoms with Crippen LogP contribution in [-0.4, -0.2) is 28.7 Å². The summed E-state index contributed by atoms with van der Waals surface area (Å²) in [5.41, 5.74) is 1.85. The molecule has 0 aromatic heterocycles. The first-order chi connectivity index (χ1) is 11.3. The highest BCUT2D eigenvalue weighted by molar-refractivity contribution is 7.89. The van der Waals surface area contributed by atoms with Crippen LogP contribution in [0.25, 0.3) is 0 Å². The van der Waals surface area contributed by atoms with Crippen molar-refractivity contribution in [3.05, 3.63) is 52.5 Å². The lowest BCUT2D eigenvalue weighted by Crippen LogP contribution is -2.28. The van der Waals surface area contributed by atoms with Crippen LogP contribution in [0.4, 0.5) is 0 Å². The highest BCUT2D eigenvalue weighted by Gasteiger charge is 2.19. The smallest absolute Gasteiger partial charge is 0.244 e. The number of benzene rings is 2. The summed E-state index contributed by atoms with van der Waals surface area (Å²) in [6, 6.07) is 10.4. The molecular formula is C17H20ClNO4S. The van der Waals surface area contributed by atoms with E-state index in [1.165, 1.54) is 7.11 Å². The van der Waals surface area contributed by atoms with Crippen LogP contribution in [0.15, 0.2) is 41.3 Å². The average Bonchev–Trinajstić information content (AvgIpc) is 2.54. The van der Waals surface area contributed by atoms with E-state index in [0.29, 0.717) is 16.5 Å². The van der Waals surface area contributed by atoms with Gasteiger partial charge in [-0.05, 0) is 49.2 Å². The second-order valence-electron chi connectivity index (χ2n) is 5.33. The highest BCUT2D eigenvalue weighted by Crippen LogP contribution is 2.26. The summed E-state index contributed by atoms with van der Waals surface area (Å²) >= 11 is 6.04. The van der Waals surface area contributed by atoms with Crippen molar-refractivity contribution in [1.29, 1.82) is 0 Å². The number of hydrogen-bond acceptors (Lipinski definition) is 4. The molecule has 130 valence electrons. The van der Waals surface area contributed by atoms with Crippen molar-refractivity contribution in [3.8, 4) is 11.5 Å². The molecule has 7 heteroatoms. The fourth-order valence-electron chi connectivity index (χ4n) is 2.13. The van der Waals surface area contributed by atoms with Gasteiger partial charge in [0.1, 0.15) is 23.0 Å². The summed E-state index contributed by atoms with van der Waals surface area (Å²) in [6.45, 7) is 4.03. The monoisotopic (exact) mass is 369 g/mol. The lowest BCUT2D eigenvalue weighted by atomic mass is 10.2. The zero-order valence-electron chi connectivity index (χ0n) is 13.8. The number of aryl methyl sites for hydroxylation is 2. The van der Waals surface area contributed by atoms with E-state index in [1.54, 1.807) is 30.3 Å². The first kappa shape index (κ1) is 18.6. The highest BCUT2D eigenvalue weighted by atomic mass is 35.5. The molecule has 5 nitrogen and oxygen atoms in total. The van der Waals surface area contributed by atoms with E-state index < -0.39 is 10.0 Å². The minimum absolute atomic E-state index is 0.110. The van der Waals surface area contributed by atoms with Crippen molar-refractivity contribution in [2.24, 2.45) is 0 Å². The van der Waals surface area contributed by atoms with Crippen molar-refractivity contribution >= 4 is 21.6 Å². The fraction of sp³-hybridized carbons (Fsp3) is 0.294. The Labute approximate surface area is 147 Å². The maximum absolute atomic E-state index is 12.4. The first-order valence-corrected chi connectivity index (χ1v) is 9.23. The Hall–Kier alpha value is -1.76. The quantitative estimate of drug-likeness (QED) is 0.760. The van der Waals surface area contributed by atoms with E-state index in [0.717, 1.165) is 11.1 Å². The van der Waals surface area contributed by atoms with Crippen LogP contribution in [0.1, 0.15) is 11.1 Å². The number of halogens is 1. The van der Waals surface area contributed by atoms with Gasteiger partial charge in [0.05, 0.1) is 12.1 Å². The Bertz CT molecular complexity index is 821. The number of methoxy groups -OCH3 is 1. The molecule has 2 aromatic rings. The third kappa shape index (κ3) is 4.63. The molecule has 0 atom stereocenters. The second kappa shape index (κ2) is 7.88. The summed E-state index contributed by atoms with van der Waals surface area (Å²) < 4.78 is 38.0. The van der Waals surface area contributed by atoms with E-state index in [4.69, 9.17) is 21.1 Å². The molecule has 0 aliphatic heterocycles. The standard InChI is InChI=1S/C17H20ClNO4S/c1-12-4-6-14(18)16(10-12)23-9-8-19-24(20,21)17-11-13(2)5-7-15(17)22-3/h4-7,10-11,19H,8-9H2,1-3H3. The lowest BCUT2D eigenvalue weighted by Gasteiger charge is -2.12. The van der Waals surface area contributed by atoms with Crippen LogP contribution in [0.5, 0.6) is 11.5 Å². The summed E-state index contributed by atoms with van der Waals surface area (Å²) in [4.78, 5) is 0.110. The van der Waals surface area contributed by atoms with Crippen LogP contribution in [0.2, 0.25) is 5.02 Å². The Morgan fingerprint density at radius 2 is 1.71 bits per heavy atom. The molecule has 1 N–H and O–H groups in total. The minimum atomic E-state index is -3.69. The molecule has 0 aliphatic rings. The third-order valence-electron chi connectivity index (χ3n) is 3.35. The van der Waals surface area contributed by atoms with Gasteiger partial charge in [0.25, 0.3) is 0 Å². The van der Waals surface area contributed by atoms with Gasteiger partial charge in [0.15, 0.2) is 0 Å². The molecule has 0 heterocycles. The number of sulfonamides is 1. The molecule has 0 radical (unpaired) electrons. The second-order valence-corrected chi connectivity index (χ2v) is 7.48. The van der Waals surface area contributed by atoms with Crippen molar-refractivity contribution in [2.75, 3.05) is 20.3 Å². The molecule has 0 saturated carbocycles. The predicted octanol–water partition coefficient (Wildman–Crippen LogP) is 3.32. The van der Waals surface area contributed by atoms with E-state index in [-0.39, 0.29) is 18.0 Å². The molecule has 2 rings (SSSR count). The van der Waals surface area contributed by atoms with Gasteiger partial charge in [0.2, 0.25) is 10.0 Å². The minimum Gasteiger partial charge on any atom is -0.495 e. The van der Waals surface area contributed by atoms with E-state index in [9.17, 15) is 8.42 Å². The summed E-state index contributed by atoms with van der Waals surface area (Å²) in [6.07, 6.45) is 0.